The molecule has 100 valence electrons. The highest BCUT2D eigenvalue weighted by Crippen LogP contribution is 2.21. The highest BCUT2D eigenvalue weighted by atomic mass is 35.5. The molecule has 0 aliphatic carbocycles. The maximum atomic E-state index is 12.4. The first kappa shape index (κ1) is 13.6. The first-order valence-electron chi connectivity index (χ1n) is 6.16. The molecule has 2 rings (SSSR count). The van der Waals surface area contributed by atoms with Crippen LogP contribution in [0.1, 0.15) is 29.9 Å². The third-order valence-electron chi connectivity index (χ3n) is 2.74. The highest BCUT2D eigenvalue weighted by Gasteiger charge is 2.18. The first-order valence-corrected chi connectivity index (χ1v) is 6.54. The van der Waals surface area contributed by atoms with Crippen molar-refractivity contribution in [1.82, 2.24) is 9.78 Å². The Hall–Kier alpha value is -1.81. The minimum absolute atomic E-state index is 0.132. The van der Waals surface area contributed by atoms with Crippen LogP contribution in [0.4, 0.5) is 0 Å². The predicted molar refractivity (Wildman–Crippen MR) is 74.0 cm³/mol. The smallest absolute Gasteiger partial charge is 0.212 e. The topological polar surface area (TPSA) is 44.1 Å². The van der Waals surface area contributed by atoms with Gasteiger partial charge < -0.3 is 4.74 Å². The van der Waals surface area contributed by atoms with E-state index in [9.17, 15) is 4.79 Å². The molecule has 0 radical (unpaired) electrons. The molecule has 0 bridgehead atoms. The molecule has 0 aliphatic rings. The SMILES string of the molecule is CCOc1ccc(C(=O)c2c(Cl)cnn2CC)cc1. The van der Waals surface area contributed by atoms with Gasteiger partial charge in [-0.1, -0.05) is 11.6 Å². The van der Waals surface area contributed by atoms with E-state index in [0.29, 0.717) is 29.4 Å². The average molecular weight is 279 g/mol. The third-order valence-corrected chi connectivity index (χ3v) is 3.01. The summed E-state index contributed by atoms with van der Waals surface area (Å²) in [5, 5.41) is 4.44. The van der Waals surface area contributed by atoms with Crippen molar-refractivity contribution in [3.8, 4) is 5.75 Å². The summed E-state index contributed by atoms with van der Waals surface area (Å²) < 4.78 is 6.94. The van der Waals surface area contributed by atoms with Crippen LogP contribution in [0, 0.1) is 0 Å². The van der Waals surface area contributed by atoms with Crippen molar-refractivity contribution in [2.24, 2.45) is 0 Å². The third kappa shape index (κ3) is 2.79. The molecule has 2 aromatic rings. The zero-order valence-corrected chi connectivity index (χ0v) is 11.6. The van der Waals surface area contributed by atoms with Gasteiger partial charge in [-0.25, -0.2) is 0 Å². The highest BCUT2D eigenvalue weighted by molar-refractivity contribution is 6.34. The van der Waals surface area contributed by atoms with Crippen LogP contribution in [-0.2, 0) is 6.54 Å². The monoisotopic (exact) mass is 278 g/mol. The maximum absolute atomic E-state index is 12.4. The number of ketones is 1. The molecule has 1 aromatic heterocycles. The van der Waals surface area contributed by atoms with Gasteiger partial charge in [0.15, 0.2) is 0 Å². The Morgan fingerprint density at radius 2 is 2.00 bits per heavy atom. The van der Waals surface area contributed by atoms with Gasteiger partial charge in [-0.15, -0.1) is 0 Å². The lowest BCUT2D eigenvalue weighted by molar-refractivity contribution is 0.102. The molecule has 19 heavy (non-hydrogen) atoms. The number of rotatable bonds is 5. The van der Waals surface area contributed by atoms with E-state index < -0.39 is 0 Å². The second-order valence-electron chi connectivity index (χ2n) is 3.94. The molecule has 4 nitrogen and oxygen atoms in total. The van der Waals surface area contributed by atoms with Crippen molar-refractivity contribution in [3.63, 3.8) is 0 Å². The fraction of sp³-hybridized carbons (Fsp3) is 0.286. The molecule has 0 atom stereocenters. The number of halogens is 1. The van der Waals surface area contributed by atoms with Crippen molar-refractivity contribution in [3.05, 3.63) is 46.7 Å². The molecular formula is C14H15ClN2O2. The molecule has 5 heteroatoms. The average Bonchev–Trinajstić information content (AvgIpc) is 2.80. The summed E-state index contributed by atoms with van der Waals surface area (Å²) in [6.07, 6.45) is 1.49. The number of aryl methyl sites for hydroxylation is 1. The Balaban J connectivity index is 2.30. The summed E-state index contributed by atoms with van der Waals surface area (Å²) in [6.45, 7) is 5.03. The summed E-state index contributed by atoms with van der Waals surface area (Å²) >= 11 is 6.02. The van der Waals surface area contributed by atoms with Gasteiger partial charge in [-0.2, -0.15) is 5.10 Å². The van der Waals surface area contributed by atoms with Crippen LogP contribution in [0.15, 0.2) is 30.5 Å². The van der Waals surface area contributed by atoms with E-state index in [1.54, 1.807) is 28.9 Å². The minimum Gasteiger partial charge on any atom is -0.494 e. The van der Waals surface area contributed by atoms with Crippen LogP contribution < -0.4 is 4.74 Å². The number of ether oxygens (including phenoxy) is 1. The van der Waals surface area contributed by atoms with Gasteiger partial charge in [0.1, 0.15) is 11.4 Å². The second-order valence-corrected chi connectivity index (χ2v) is 4.35. The fourth-order valence-electron chi connectivity index (χ4n) is 1.83. The maximum Gasteiger partial charge on any atom is 0.212 e. The Morgan fingerprint density at radius 1 is 1.32 bits per heavy atom. The predicted octanol–water partition coefficient (Wildman–Crippen LogP) is 3.19. The van der Waals surface area contributed by atoms with Crippen LogP contribution in [0.2, 0.25) is 5.02 Å². The van der Waals surface area contributed by atoms with Crippen molar-refractivity contribution >= 4 is 17.4 Å². The number of hydrogen-bond acceptors (Lipinski definition) is 3. The van der Waals surface area contributed by atoms with E-state index in [1.165, 1.54) is 6.20 Å². The zero-order valence-electron chi connectivity index (χ0n) is 10.9. The number of carbonyl (C=O) groups is 1. The number of nitrogens with zero attached hydrogens (tertiary/aromatic N) is 2. The first-order chi connectivity index (χ1) is 9.17. The van der Waals surface area contributed by atoms with E-state index in [0.717, 1.165) is 5.75 Å². The molecule has 0 fully saturated rings. The van der Waals surface area contributed by atoms with Crippen LogP contribution in [0.25, 0.3) is 0 Å². The molecule has 0 spiro atoms. The number of benzene rings is 1. The van der Waals surface area contributed by atoms with Gasteiger partial charge in [-0.3, -0.25) is 9.48 Å². The van der Waals surface area contributed by atoms with E-state index in [4.69, 9.17) is 16.3 Å². The Morgan fingerprint density at radius 3 is 2.58 bits per heavy atom. The van der Waals surface area contributed by atoms with E-state index in [2.05, 4.69) is 5.10 Å². The summed E-state index contributed by atoms with van der Waals surface area (Å²) in [7, 11) is 0. The molecule has 0 saturated carbocycles. The van der Waals surface area contributed by atoms with Crippen LogP contribution in [0.5, 0.6) is 5.75 Å². The molecule has 0 amide bonds. The van der Waals surface area contributed by atoms with E-state index >= 15 is 0 Å². The number of aromatic nitrogens is 2. The molecule has 0 unspecified atom stereocenters. The Kier molecular flexibility index (Phi) is 4.22. The van der Waals surface area contributed by atoms with Crippen molar-refractivity contribution in [2.45, 2.75) is 20.4 Å². The van der Waals surface area contributed by atoms with Crippen LogP contribution in [-0.4, -0.2) is 22.2 Å². The molecule has 0 aliphatic heterocycles. The lowest BCUT2D eigenvalue weighted by Crippen LogP contribution is -2.11. The largest absolute Gasteiger partial charge is 0.494 e. The lowest BCUT2D eigenvalue weighted by atomic mass is 10.1. The van der Waals surface area contributed by atoms with Gasteiger partial charge in [0, 0.05) is 12.1 Å². The molecule has 1 heterocycles. The molecule has 0 saturated heterocycles. The van der Waals surface area contributed by atoms with Gasteiger partial charge in [-0.05, 0) is 38.1 Å². The van der Waals surface area contributed by atoms with Crippen molar-refractivity contribution in [1.29, 1.82) is 0 Å². The molecule has 1 aromatic carbocycles. The summed E-state index contributed by atoms with van der Waals surface area (Å²) in [4.78, 5) is 12.4. The Labute approximate surface area is 116 Å². The normalized spacial score (nSPS) is 10.5. The number of hydrogen-bond donors (Lipinski definition) is 0. The number of carbonyl (C=O) groups excluding carboxylic acids is 1. The van der Waals surface area contributed by atoms with Gasteiger partial charge >= 0.3 is 0 Å². The van der Waals surface area contributed by atoms with Gasteiger partial charge in [0.05, 0.1) is 17.8 Å². The van der Waals surface area contributed by atoms with E-state index in [-0.39, 0.29) is 5.78 Å². The van der Waals surface area contributed by atoms with Gasteiger partial charge in [0.2, 0.25) is 5.78 Å². The van der Waals surface area contributed by atoms with E-state index in [1.807, 2.05) is 13.8 Å². The molecule has 0 N–H and O–H groups in total. The van der Waals surface area contributed by atoms with Crippen molar-refractivity contribution < 1.29 is 9.53 Å². The quantitative estimate of drug-likeness (QED) is 0.789. The second kappa shape index (κ2) is 5.89. The molecular weight excluding hydrogens is 264 g/mol. The summed E-state index contributed by atoms with van der Waals surface area (Å²) in [6, 6.07) is 7.02. The van der Waals surface area contributed by atoms with Crippen LogP contribution in [0.3, 0.4) is 0 Å². The van der Waals surface area contributed by atoms with Crippen molar-refractivity contribution in [2.75, 3.05) is 6.61 Å². The standard InChI is InChI=1S/C14H15ClN2O2/c1-3-17-13(12(15)9-16-17)14(18)10-5-7-11(8-6-10)19-4-2/h5-9H,3-4H2,1-2H3. The van der Waals surface area contributed by atoms with Gasteiger partial charge in [0.25, 0.3) is 0 Å². The zero-order chi connectivity index (χ0) is 13.8. The minimum atomic E-state index is -0.132. The van der Waals surface area contributed by atoms with Crippen LogP contribution >= 0.6 is 11.6 Å². The lowest BCUT2D eigenvalue weighted by Gasteiger charge is -2.06. The Bertz CT molecular complexity index is 576. The summed E-state index contributed by atoms with van der Waals surface area (Å²) in [5.41, 5.74) is 0.994. The summed E-state index contributed by atoms with van der Waals surface area (Å²) in [5.74, 6) is 0.613. The fourth-order valence-corrected chi connectivity index (χ4v) is 2.06.